The van der Waals surface area contributed by atoms with Gasteiger partial charge >= 0.3 is 0 Å². The molecule has 0 aromatic heterocycles. The number of nitrogens with zero attached hydrogens (tertiary/aromatic N) is 1. The second-order valence-corrected chi connectivity index (χ2v) is 8.17. The highest BCUT2D eigenvalue weighted by atomic mass is 79.9. The lowest BCUT2D eigenvalue weighted by molar-refractivity contribution is -0.119. The Hall–Kier alpha value is -2.80. The molecule has 0 spiro atoms. The second-order valence-electron chi connectivity index (χ2n) is 7.38. The number of methoxy groups -OCH3 is 1. The standard InChI is InChI=1S/C23H23BrN2O4/c1-14-4-6-15(7-5-14)16-10-19-22(27)25-18-12-21(30-9-3-8-24)20(29-2)11-17(18)23(28)26(19)13-16/h4-7,11-13,19H,3,8-10H2,1-2H3,(H,25,27)/t19-/m0/s1. The average Bonchev–Trinajstić information content (AvgIpc) is 3.16. The third kappa shape index (κ3) is 3.81. The molecule has 0 fully saturated rings. The van der Waals surface area contributed by atoms with Gasteiger partial charge in [0, 0.05) is 24.0 Å². The van der Waals surface area contributed by atoms with Gasteiger partial charge in [0.25, 0.3) is 5.91 Å². The van der Waals surface area contributed by atoms with Crippen LogP contribution in [0.5, 0.6) is 11.5 Å². The van der Waals surface area contributed by atoms with E-state index in [1.54, 1.807) is 18.3 Å². The second kappa shape index (κ2) is 8.52. The highest BCUT2D eigenvalue weighted by Gasteiger charge is 2.39. The van der Waals surface area contributed by atoms with Gasteiger partial charge in [0.15, 0.2) is 11.5 Å². The van der Waals surface area contributed by atoms with Crippen molar-refractivity contribution >= 4 is 39.0 Å². The van der Waals surface area contributed by atoms with E-state index in [1.165, 1.54) is 12.0 Å². The van der Waals surface area contributed by atoms with E-state index >= 15 is 0 Å². The van der Waals surface area contributed by atoms with Gasteiger partial charge in [0.2, 0.25) is 5.91 Å². The first-order valence-electron chi connectivity index (χ1n) is 9.84. The van der Waals surface area contributed by atoms with Crippen LogP contribution in [-0.2, 0) is 4.79 Å². The summed E-state index contributed by atoms with van der Waals surface area (Å²) in [6.45, 7) is 2.53. The van der Waals surface area contributed by atoms with E-state index in [0.717, 1.165) is 28.5 Å². The van der Waals surface area contributed by atoms with Gasteiger partial charge in [-0.1, -0.05) is 45.8 Å². The van der Waals surface area contributed by atoms with Gasteiger partial charge in [0.1, 0.15) is 6.04 Å². The first-order valence-corrected chi connectivity index (χ1v) is 11.0. The molecule has 1 atom stereocenters. The fourth-order valence-corrected chi connectivity index (χ4v) is 3.93. The minimum Gasteiger partial charge on any atom is -0.493 e. The lowest BCUT2D eigenvalue weighted by Crippen LogP contribution is -2.38. The number of carbonyl (C=O) groups excluding carboxylic acids is 2. The van der Waals surface area contributed by atoms with Gasteiger partial charge in [0.05, 0.1) is 25.0 Å². The van der Waals surface area contributed by atoms with Crippen molar-refractivity contribution < 1.29 is 19.1 Å². The summed E-state index contributed by atoms with van der Waals surface area (Å²) in [5.74, 6) is 0.521. The van der Waals surface area contributed by atoms with Gasteiger partial charge in [-0.05, 0) is 30.5 Å². The predicted molar refractivity (Wildman–Crippen MR) is 119 cm³/mol. The lowest BCUT2D eigenvalue weighted by Gasteiger charge is -2.18. The van der Waals surface area contributed by atoms with Gasteiger partial charge in [-0.15, -0.1) is 0 Å². The Morgan fingerprint density at radius 1 is 1.17 bits per heavy atom. The number of amides is 2. The molecule has 0 saturated heterocycles. The summed E-state index contributed by atoms with van der Waals surface area (Å²) in [6.07, 6.45) is 3.09. The van der Waals surface area contributed by atoms with E-state index in [0.29, 0.717) is 35.8 Å². The van der Waals surface area contributed by atoms with E-state index in [1.807, 2.05) is 31.2 Å². The Morgan fingerprint density at radius 2 is 1.93 bits per heavy atom. The zero-order valence-electron chi connectivity index (χ0n) is 16.9. The van der Waals surface area contributed by atoms with Crippen molar-refractivity contribution in [3.05, 3.63) is 59.3 Å². The summed E-state index contributed by atoms with van der Waals surface area (Å²) in [5, 5.41) is 3.73. The Bertz CT molecular complexity index is 1020. The van der Waals surface area contributed by atoms with Gasteiger partial charge in [-0.2, -0.15) is 0 Å². The smallest absolute Gasteiger partial charge is 0.260 e. The maximum atomic E-state index is 13.3. The van der Waals surface area contributed by atoms with Crippen LogP contribution in [0.2, 0.25) is 0 Å². The van der Waals surface area contributed by atoms with E-state index in [2.05, 4.69) is 21.2 Å². The van der Waals surface area contributed by atoms with Crippen LogP contribution >= 0.6 is 15.9 Å². The van der Waals surface area contributed by atoms with Crippen LogP contribution in [0.3, 0.4) is 0 Å². The van der Waals surface area contributed by atoms with Gasteiger partial charge in [-0.25, -0.2) is 0 Å². The van der Waals surface area contributed by atoms with Crippen molar-refractivity contribution in [2.24, 2.45) is 0 Å². The largest absolute Gasteiger partial charge is 0.493 e. The maximum absolute atomic E-state index is 13.3. The minimum absolute atomic E-state index is 0.211. The quantitative estimate of drug-likeness (QED) is 0.502. The molecule has 0 aliphatic carbocycles. The van der Waals surface area contributed by atoms with Crippen LogP contribution in [0, 0.1) is 6.92 Å². The highest BCUT2D eigenvalue weighted by Crippen LogP contribution is 2.39. The molecule has 156 valence electrons. The van der Waals surface area contributed by atoms with E-state index in [4.69, 9.17) is 9.47 Å². The average molecular weight is 471 g/mol. The number of ether oxygens (including phenoxy) is 2. The zero-order chi connectivity index (χ0) is 21.3. The molecule has 30 heavy (non-hydrogen) atoms. The van der Waals surface area contributed by atoms with Crippen molar-refractivity contribution in [3.8, 4) is 11.5 Å². The SMILES string of the molecule is COc1cc2c(cc1OCCCBr)NC(=O)[C@@H]1CC(c3ccc(C)cc3)=CN1C2=O. The third-order valence-electron chi connectivity index (χ3n) is 5.33. The molecule has 7 heteroatoms. The molecule has 2 aromatic rings. The number of anilines is 1. The number of halogens is 1. The first-order chi connectivity index (χ1) is 14.5. The van der Waals surface area contributed by atoms with Crippen molar-refractivity contribution in [2.45, 2.75) is 25.8 Å². The number of rotatable bonds is 6. The fraction of sp³-hybridized carbons (Fsp3) is 0.304. The number of fused-ring (bicyclic) bond motifs is 2. The number of benzene rings is 2. The number of hydrogen-bond donors (Lipinski definition) is 1. The molecule has 0 radical (unpaired) electrons. The molecule has 2 aliphatic heterocycles. The minimum atomic E-state index is -0.579. The Morgan fingerprint density at radius 3 is 2.63 bits per heavy atom. The molecule has 6 nitrogen and oxygen atoms in total. The maximum Gasteiger partial charge on any atom is 0.260 e. The zero-order valence-corrected chi connectivity index (χ0v) is 18.5. The molecule has 0 saturated carbocycles. The molecule has 2 amide bonds. The van der Waals surface area contributed by atoms with Crippen molar-refractivity contribution in [1.82, 2.24) is 4.90 Å². The summed E-state index contributed by atoms with van der Waals surface area (Å²) in [5.41, 5.74) is 3.98. The van der Waals surface area contributed by atoms with E-state index in [9.17, 15) is 9.59 Å². The van der Waals surface area contributed by atoms with Crippen LogP contribution in [0.15, 0.2) is 42.6 Å². The van der Waals surface area contributed by atoms with Gasteiger partial charge < -0.3 is 19.7 Å². The molecule has 0 unspecified atom stereocenters. The first kappa shape index (κ1) is 20.5. The van der Waals surface area contributed by atoms with Crippen LogP contribution in [0.4, 0.5) is 5.69 Å². The number of nitrogens with one attached hydrogen (secondary N) is 1. The van der Waals surface area contributed by atoms with Crippen molar-refractivity contribution in [3.63, 3.8) is 0 Å². The fourth-order valence-electron chi connectivity index (χ4n) is 3.70. The van der Waals surface area contributed by atoms with Crippen molar-refractivity contribution in [2.75, 3.05) is 24.4 Å². The monoisotopic (exact) mass is 470 g/mol. The Labute approximate surface area is 184 Å². The molecule has 2 aromatic carbocycles. The van der Waals surface area contributed by atoms with Crippen LogP contribution < -0.4 is 14.8 Å². The number of aryl methyl sites for hydroxylation is 1. The lowest BCUT2D eigenvalue weighted by atomic mass is 10.0. The molecular weight excluding hydrogens is 448 g/mol. The van der Waals surface area contributed by atoms with Crippen LogP contribution in [0.1, 0.15) is 34.3 Å². The summed E-state index contributed by atoms with van der Waals surface area (Å²) in [6, 6.07) is 10.8. The highest BCUT2D eigenvalue weighted by molar-refractivity contribution is 9.09. The Balaban J connectivity index is 1.68. The summed E-state index contributed by atoms with van der Waals surface area (Å²) < 4.78 is 11.2. The van der Waals surface area contributed by atoms with E-state index < -0.39 is 6.04 Å². The predicted octanol–water partition coefficient (Wildman–Crippen LogP) is 4.38. The molecule has 1 N–H and O–H groups in total. The molecule has 4 rings (SSSR count). The molecule has 2 aliphatic rings. The summed E-state index contributed by atoms with van der Waals surface area (Å²) >= 11 is 3.37. The topological polar surface area (TPSA) is 67.9 Å². The normalized spacial score (nSPS) is 17.6. The third-order valence-corrected chi connectivity index (χ3v) is 5.89. The molecular formula is C23H23BrN2O4. The van der Waals surface area contributed by atoms with Crippen LogP contribution in [0.25, 0.3) is 5.57 Å². The van der Waals surface area contributed by atoms with Gasteiger partial charge in [-0.3, -0.25) is 9.59 Å². The Kier molecular flexibility index (Phi) is 5.81. The van der Waals surface area contributed by atoms with Crippen molar-refractivity contribution in [1.29, 1.82) is 0 Å². The number of carbonyl (C=O) groups is 2. The summed E-state index contributed by atoms with van der Waals surface area (Å²) in [4.78, 5) is 27.8. The molecule has 2 heterocycles. The number of alkyl halides is 1. The molecule has 0 bridgehead atoms. The number of hydrogen-bond acceptors (Lipinski definition) is 4. The van der Waals surface area contributed by atoms with E-state index in [-0.39, 0.29) is 11.8 Å². The van der Waals surface area contributed by atoms with Crippen LogP contribution in [-0.4, -0.2) is 41.8 Å². The summed E-state index contributed by atoms with van der Waals surface area (Å²) in [7, 11) is 1.53.